The van der Waals surface area contributed by atoms with Gasteiger partial charge in [0.05, 0.1) is 12.2 Å². The number of carbonyl (C=O) groups is 2. The Kier molecular flexibility index (Phi) is 8.37. The van der Waals surface area contributed by atoms with Crippen LogP contribution < -0.4 is 4.74 Å². The van der Waals surface area contributed by atoms with Gasteiger partial charge in [0.1, 0.15) is 12.0 Å². The van der Waals surface area contributed by atoms with Crippen LogP contribution in [-0.4, -0.2) is 74.9 Å². The van der Waals surface area contributed by atoms with E-state index in [0.29, 0.717) is 37.2 Å². The summed E-state index contributed by atoms with van der Waals surface area (Å²) in [7, 11) is 0. The van der Waals surface area contributed by atoms with E-state index in [4.69, 9.17) is 19.4 Å². The predicted octanol–water partition coefficient (Wildman–Crippen LogP) is 2.99. The molecule has 0 saturated carbocycles. The minimum atomic E-state index is -5.08. The van der Waals surface area contributed by atoms with Crippen molar-refractivity contribution in [2.75, 3.05) is 26.3 Å². The van der Waals surface area contributed by atoms with Crippen molar-refractivity contribution in [1.29, 1.82) is 0 Å². The minimum absolute atomic E-state index is 0.0275. The summed E-state index contributed by atoms with van der Waals surface area (Å²) in [5.41, 5.74) is 0.323. The predicted molar refractivity (Wildman–Crippen MR) is 112 cm³/mol. The van der Waals surface area contributed by atoms with Crippen LogP contribution >= 0.6 is 0 Å². The monoisotopic (exact) mass is 482 g/mol. The van der Waals surface area contributed by atoms with Crippen molar-refractivity contribution >= 4 is 11.9 Å². The number of carbonyl (C=O) groups excluding carboxylic acids is 1. The van der Waals surface area contributed by atoms with Crippen LogP contribution in [0.1, 0.15) is 36.2 Å². The highest BCUT2D eigenvalue weighted by Gasteiger charge is 2.46. The highest BCUT2D eigenvalue weighted by Crippen LogP contribution is 2.42. The van der Waals surface area contributed by atoms with Gasteiger partial charge in [-0.05, 0) is 43.7 Å². The summed E-state index contributed by atoms with van der Waals surface area (Å²) in [5, 5.41) is 7.12. The number of hydrogen-bond donors (Lipinski definition) is 1. The Hall–Kier alpha value is -3.28. The second-order valence-corrected chi connectivity index (χ2v) is 7.89. The summed E-state index contributed by atoms with van der Waals surface area (Å²) in [6.07, 6.45) is 3.37. The zero-order chi connectivity index (χ0) is 24.6. The van der Waals surface area contributed by atoms with E-state index >= 15 is 0 Å². The molecule has 0 aliphatic carbocycles. The summed E-state index contributed by atoms with van der Waals surface area (Å²) in [4.78, 5) is 35.5. The number of hydrogen-bond acceptors (Lipinski definition) is 7. The molecule has 0 radical (unpaired) electrons. The quantitative estimate of drug-likeness (QED) is 0.692. The van der Waals surface area contributed by atoms with Gasteiger partial charge in [-0.15, -0.1) is 0 Å². The molecule has 1 atom stereocenters. The molecule has 2 aromatic heterocycles. The molecule has 9 nitrogen and oxygen atoms in total. The Labute approximate surface area is 193 Å². The summed E-state index contributed by atoms with van der Waals surface area (Å²) in [5.74, 6) is -1.67. The van der Waals surface area contributed by atoms with E-state index < -0.39 is 12.1 Å². The first kappa shape index (κ1) is 25.3. The topological polar surface area (TPSA) is 115 Å². The van der Waals surface area contributed by atoms with E-state index in [2.05, 4.69) is 15.0 Å². The Morgan fingerprint density at radius 2 is 1.91 bits per heavy atom. The maximum atomic E-state index is 12.6. The fourth-order valence-electron chi connectivity index (χ4n) is 4.15. The smallest absolute Gasteiger partial charge is 0.478 e. The van der Waals surface area contributed by atoms with Gasteiger partial charge >= 0.3 is 12.1 Å². The van der Waals surface area contributed by atoms with Gasteiger partial charge in [-0.2, -0.15) is 13.2 Å². The number of nitrogens with zero attached hydrogens (tertiary/aromatic N) is 4. The van der Waals surface area contributed by atoms with Gasteiger partial charge < -0.3 is 19.5 Å². The normalized spacial score (nSPS) is 19.3. The van der Waals surface area contributed by atoms with Crippen LogP contribution in [0.25, 0.3) is 0 Å². The number of carboxylic acids is 1. The van der Waals surface area contributed by atoms with E-state index in [1.807, 2.05) is 23.1 Å². The third-order valence-electron chi connectivity index (χ3n) is 5.89. The average molecular weight is 482 g/mol. The third kappa shape index (κ3) is 6.62. The lowest BCUT2D eigenvalue weighted by molar-refractivity contribution is -0.192. The van der Waals surface area contributed by atoms with E-state index in [-0.39, 0.29) is 11.5 Å². The van der Waals surface area contributed by atoms with Gasteiger partial charge in [0, 0.05) is 38.2 Å². The van der Waals surface area contributed by atoms with Crippen LogP contribution in [-0.2, 0) is 9.53 Å². The Morgan fingerprint density at radius 3 is 2.50 bits per heavy atom. The number of amides is 1. The molecular formula is C22H25F3N4O5. The number of rotatable bonds is 5. The van der Waals surface area contributed by atoms with Gasteiger partial charge in [-0.3, -0.25) is 4.79 Å². The first-order chi connectivity index (χ1) is 16.2. The van der Waals surface area contributed by atoms with Gasteiger partial charge in [0.15, 0.2) is 0 Å². The average Bonchev–Trinajstić information content (AvgIpc) is 3.22. The number of alkyl halides is 3. The standard InChI is InChI=1S/C20H24N4O3.C2HF3O2/c25-19(17-4-10-21-15-23-17)24-11-7-20(8-12-24)16(6-14-27-20)5-13-26-18-3-1-2-9-22-18;3-2(4,5)1(6)7/h1-4,9-10,15-16H,5-8,11-14H2;(H,6,7). The second-order valence-electron chi connectivity index (χ2n) is 7.89. The van der Waals surface area contributed by atoms with E-state index in [1.165, 1.54) is 6.33 Å². The zero-order valence-corrected chi connectivity index (χ0v) is 18.3. The molecule has 0 bridgehead atoms. The van der Waals surface area contributed by atoms with Crippen LogP contribution in [0.2, 0.25) is 0 Å². The molecule has 1 unspecified atom stereocenters. The fourth-order valence-corrected chi connectivity index (χ4v) is 4.15. The fraction of sp³-hybridized carbons (Fsp3) is 0.500. The summed E-state index contributed by atoms with van der Waals surface area (Å²) >= 11 is 0. The molecule has 4 rings (SSSR count). The Balaban J connectivity index is 0.000000406. The SMILES string of the molecule is O=C(O)C(F)(F)F.O=C(c1ccncn1)N1CCC2(CC1)OCCC2CCOc1ccccn1. The number of aliphatic carboxylic acids is 1. The van der Waals surface area contributed by atoms with E-state index in [9.17, 15) is 18.0 Å². The minimum Gasteiger partial charge on any atom is -0.478 e. The van der Waals surface area contributed by atoms with Gasteiger partial charge in [0.2, 0.25) is 5.88 Å². The number of halogens is 3. The Bertz CT molecular complexity index is 939. The van der Waals surface area contributed by atoms with Gasteiger partial charge in [-0.1, -0.05) is 6.07 Å². The van der Waals surface area contributed by atoms with Crippen molar-refractivity contribution in [3.05, 3.63) is 48.7 Å². The maximum Gasteiger partial charge on any atom is 0.490 e. The zero-order valence-electron chi connectivity index (χ0n) is 18.3. The van der Waals surface area contributed by atoms with Crippen molar-refractivity contribution in [2.45, 2.75) is 37.5 Å². The Morgan fingerprint density at radius 1 is 1.18 bits per heavy atom. The molecular weight excluding hydrogens is 457 g/mol. The van der Waals surface area contributed by atoms with E-state index in [1.54, 1.807) is 18.5 Å². The van der Waals surface area contributed by atoms with Crippen LogP contribution in [0, 0.1) is 5.92 Å². The molecule has 34 heavy (non-hydrogen) atoms. The van der Waals surface area contributed by atoms with Crippen molar-refractivity contribution in [2.24, 2.45) is 5.92 Å². The summed E-state index contributed by atoms with van der Waals surface area (Å²) < 4.78 is 43.7. The number of likely N-dealkylation sites (tertiary alicyclic amines) is 1. The van der Waals surface area contributed by atoms with Crippen LogP contribution in [0.3, 0.4) is 0 Å². The largest absolute Gasteiger partial charge is 0.490 e. The van der Waals surface area contributed by atoms with E-state index in [0.717, 1.165) is 32.3 Å². The molecule has 2 aliphatic heterocycles. The molecule has 1 amide bonds. The molecule has 2 fully saturated rings. The van der Waals surface area contributed by atoms with Gasteiger partial charge in [0.25, 0.3) is 5.91 Å². The second kappa shape index (κ2) is 11.2. The molecule has 4 heterocycles. The first-order valence-electron chi connectivity index (χ1n) is 10.7. The lowest BCUT2D eigenvalue weighted by atomic mass is 9.78. The highest BCUT2D eigenvalue weighted by atomic mass is 19.4. The molecule has 1 N–H and O–H groups in total. The first-order valence-corrected chi connectivity index (χ1v) is 10.7. The van der Waals surface area contributed by atoms with Gasteiger partial charge in [-0.25, -0.2) is 19.7 Å². The lowest BCUT2D eigenvalue weighted by Crippen LogP contribution is -2.49. The van der Waals surface area contributed by atoms with Crippen molar-refractivity contribution in [1.82, 2.24) is 19.9 Å². The number of carboxylic acid groups (broad SMARTS) is 1. The number of pyridine rings is 1. The number of ether oxygens (including phenoxy) is 2. The van der Waals surface area contributed by atoms with Crippen molar-refractivity contribution < 1.29 is 37.3 Å². The van der Waals surface area contributed by atoms with Crippen LogP contribution in [0.5, 0.6) is 5.88 Å². The van der Waals surface area contributed by atoms with Crippen LogP contribution in [0.4, 0.5) is 13.2 Å². The highest BCUT2D eigenvalue weighted by molar-refractivity contribution is 5.92. The number of piperidine rings is 1. The molecule has 2 aromatic rings. The van der Waals surface area contributed by atoms with Crippen molar-refractivity contribution in [3.8, 4) is 5.88 Å². The molecule has 0 aromatic carbocycles. The maximum absolute atomic E-state index is 12.6. The lowest BCUT2D eigenvalue weighted by Gasteiger charge is -2.42. The summed E-state index contributed by atoms with van der Waals surface area (Å²) in [6, 6.07) is 7.34. The molecule has 184 valence electrons. The molecule has 2 saturated heterocycles. The van der Waals surface area contributed by atoms with Crippen molar-refractivity contribution in [3.63, 3.8) is 0 Å². The molecule has 12 heteroatoms. The summed E-state index contributed by atoms with van der Waals surface area (Å²) in [6.45, 7) is 2.81. The third-order valence-corrected chi connectivity index (χ3v) is 5.89. The molecule has 2 aliphatic rings. The molecule has 1 spiro atoms. The van der Waals surface area contributed by atoms with Crippen LogP contribution in [0.15, 0.2) is 43.0 Å². The number of aromatic nitrogens is 3.